The van der Waals surface area contributed by atoms with E-state index < -0.39 is 0 Å². The number of anilines is 2. The molecule has 1 aromatic rings. The van der Waals surface area contributed by atoms with Crippen molar-refractivity contribution in [2.75, 3.05) is 37.0 Å². The van der Waals surface area contributed by atoms with Gasteiger partial charge in [-0.25, -0.2) is 4.98 Å². The summed E-state index contributed by atoms with van der Waals surface area (Å²) < 4.78 is 5.08. The molecule has 20 heavy (non-hydrogen) atoms. The Morgan fingerprint density at radius 3 is 2.60 bits per heavy atom. The van der Waals surface area contributed by atoms with Crippen LogP contribution in [-0.4, -0.2) is 43.7 Å². The number of ether oxygens (including phenoxy) is 1. The van der Waals surface area contributed by atoms with Crippen LogP contribution in [0.1, 0.15) is 20.3 Å². The molecule has 0 fully saturated rings. The average Bonchev–Trinajstić information content (AvgIpc) is 2.47. The first kappa shape index (κ1) is 16.4. The highest BCUT2D eigenvalue weighted by Gasteiger charge is 2.12. The second kappa shape index (κ2) is 8.50. The summed E-state index contributed by atoms with van der Waals surface area (Å²) in [7, 11) is 1.55. The van der Waals surface area contributed by atoms with E-state index in [1.807, 2.05) is 12.1 Å². The summed E-state index contributed by atoms with van der Waals surface area (Å²) in [6.45, 7) is 6.29. The van der Waals surface area contributed by atoms with Crippen molar-refractivity contribution in [2.24, 2.45) is 5.73 Å². The number of amides is 1. The summed E-state index contributed by atoms with van der Waals surface area (Å²) in [5.74, 6) is 0.782. The Hall–Kier alpha value is -1.66. The van der Waals surface area contributed by atoms with E-state index in [9.17, 15) is 4.79 Å². The van der Waals surface area contributed by atoms with Crippen LogP contribution < -0.4 is 16.0 Å². The zero-order valence-electron chi connectivity index (χ0n) is 12.4. The van der Waals surface area contributed by atoms with Crippen LogP contribution in [0.5, 0.6) is 0 Å². The van der Waals surface area contributed by atoms with Crippen molar-refractivity contribution in [3.63, 3.8) is 0 Å². The number of carbonyl (C=O) groups is 1. The van der Waals surface area contributed by atoms with Gasteiger partial charge in [0.05, 0.1) is 24.4 Å². The molecule has 6 heteroatoms. The molecule has 0 saturated heterocycles. The second-order valence-electron chi connectivity index (χ2n) is 4.42. The van der Waals surface area contributed by atoms with Crippen molar-refractivity contribution in [3.8, 4) is 0 Å². The SMILES string of the molecule is CCN(CC)c1ccc(NC(=O)CC(CN)OC)cn1. The minimum Gasteiger partial charge on any atom is -0.380 e. The Morgan fingerprint density at radius 1 is 1.45 bits per heavy atom. The number of aromatic nitrogens is 1. The van der Waals surface area contributed by atoms with Crippen LogP contribution in [0.2, 0.25) is 0 Å². The lowest BCUT2D eigenvalue weighted by molar-refractivity contribution is -0.118. The third-order valence-corrected chi connectivity index (χ3v) is 3.13. The molecule has 0 bridgehead atoms. The van der Waals surface area contributed by atoms with Gasteiger partial charge >= 0.3 is 0 Å². The molecule has 112 valence electrons. The molecule has 1 unspecified atom stereocenters. The molecule has 0 spiro atoms. The molecular formula is C14H24N4O2. The molecule has 0 aromatic carbocycles. The lowest BCUT2D eigenvalue weighted by atomic mass is 10.2. The van der Waals surface area contributed by atoms with Gasteiger partial charge in [-0.3, -0.25) is 4.79 Å². The van der Waals surface area contributed by atoms with E-state index in [1.54, 1.807) is 13.3 Å². The van der Waals surface area contributed by atoms with Crippen molar-refractivity contribution >= 4 is 17.4 Å². The fourth-order valence-corrected chi connectivity index (χ4v) is 1.88. The fraction of sp³-hybridized carbons (Fsp3) is 0.571. The van der Waals surface area contributed by atoms with Gasteiger partial charge in [-0.05, 0) is 26.0 Å². The molecule has 1 aromatic heterocycles. The van der Waals surface area contributed by atoms with Gasteiger partial charge in [0.25, 0.3) is 0 Å². The average molecular weight is 280 g/mol. The van der Waals surface area contributed by atoms with Gasteiger partial charge in [0.1, 0.15) is 5.82 Å². The Bertz CT molecular complexity index is 400. The molecule has 1 atom stereocenters. The van der Waals surface area contributed by atoms with Gasteiger partial charge in [0.2, 0.25) is 5.91 Å². The van der Waals surface area contributed by atoms with Gasteiger partial charge in [0, 0.05) is 26.7 Å². The number of hydrogen-bond donors (Lipinski definition) is 2. The minimum absolute atomic E-state index is 0.125. The van der Waals surface area contributed by atoms with Crippen molar-refractivity contribution < 1.29 is 9.53 Å². The van der Waals surface area contributed by atoms with Crippen molar-refractivity contribution in [1.29, 1.82) is 0 Å². The van der Waals surface area contributed by atoms with Gasteiger partial charge < -0.3 is 20.7 Å². The van der Waals surface area contributed by atoms with E-state index in [1.165, 1.54) is 0 Å². The third-order valence-electron chi connectivity index (χ3n) is 3.13. The largest absolute Gasteiger partial charge is 0.380 e. The molecule has 6 nitrogen and oxygen atoms in total. The molecule has 0 aliphatic carbocycles. The predicted molar refractivity (Wildman–Crippen MR) is 80.9 cm³/mol. The predicted octanol–water partition coefficient (Wildman–Crippen LogP) is 1.23. The first-order valence-electron chi connectivity index (χ1n) is 6.88. The Kier molecular flexibility index (Phi) is 6.97. The highest BCUT2D eigenvalue weighted by molar-refractivity contribution is 5.90. The van der Waals surface area contributed by atoms with Crippen molar-refractivity contribution in [3.05, 3.63) is 18.3 Å². The highest BCUT2D eigenvalue weighted by Crippen LogP contribution is 2.14. The summed E-state index contributed by atoms with van der Waals surface area (Å²) in [5.41, 5.74) is 6.16. The number of methoxy groups -OCH3 is 1. The third kappa shape index (κ3) is 4.79. The maximum atomic E-state index is 11.8. The van der Waals surface area contributed by atoms with E-state index in [0.29, 0.717) is 12.2 Å². The molecule has 3 N–H and O–H groups in total. The topological polar surface area (TPSA) is 80.5 Å². The second-order valence-corrected chi connectivity index (χ2v) is 4.42. The number of rotatable bonds is 8. The summed E-state index contributed by atoms with van der Waals surface area (Å²) in [5, 5.41) is 2.79. The lowest BCUT2D eigenvalue weighted by Crippen LogP contribution is -2.28. The van der Waals surface area contributed by atoms with Crippen LogP contribution in [0.3, 0.4) is 0 Å². The minimum atomic E-state index is -0.252. The summed E-state index contributed by atoms with van der Waals surface area (Å²) in [6, 6.07) is 3.75. The number of nitrogens with two attached hydrogens (primary N) is 1. The van der Waals surface area contributed by atoms with Gasteiger partial charge in [0.15, 0.2) is 0 Å². The molecule has 0 saturated carbocycles. The van der Waals surface area contributed by atoms with Gasteiger partial charge in [-0.1, -0.05) is 0 Å². The first-order valence-corrected chi connectivity index (χ1v) is 6.88. The zero-order chi connectivity index (χ0) is 15.0. The highest BCUT2D eigenvalue weighted by atomic mass is 16.5. The molecule has 1 rings (SSSR count). The first-order chi connectivity index (χ1) is 9.64. The van der Waals surface area contributed by atoms with Gasteiger partial charge in [-0.15, -0.1) is 0 Å². The van der Waals surface area contributed by atoms with Gasteiger partial charge in [-0.2, -0.15) is 0 Å². The van der Waals surface area contributed by atoms with Crippen LogP contribution in [-0.2, 0) is 9.53 Å². The number of nitrogens with one attached hydrogen (secondary N) is 1. The van der Waals surface area contributed by atoms with Crippen molar-refractivity contribution in [2.45, 2.75) is 26.4 Å². The number of hydrogen-bond acceptors (Lipinski definition) is 5. The monoisotopic (exact) mass is 280 g/mol. The Morgan fingerprint density at radius 2 is 2.15 bits per heavy atom. The smallest absolute Gasteiger partial charge is 0.227 e. The quantitative estimate of drug-likeness (QED) is 0.748. The number of nitrogens with zero attached hydrogens (tertiary/aromatic N) is 2. The zero-order valence-corrected chi connectivity index (χ0v) is 12.4. The molecule has 0 aliphatic rings. The normalized spacial score (nSPS) is 12.0. The van der Waals surface area contributed by atoms with E-state index in [2.05, 4.69) is 29.0 Å². The van der Waals surface area contributed by atoms with Crippen LogP contribution in [0.4, 0.5) is 11.5 Å². The van der Waals surface area contributed by atoms with Crippen molar-refractivity contribution in [1.82, 2.24) is 4.98 Å². The van der Waals surface area contributed by atoms with Crippen LogP contribution >= 0.6 is 0 Å². The lowest BCUT2D eigenvalue weighted by Gasteiger charge is -2.19. The van der Waals surface area contributed by atoms with E-state index in [-0.39, 0.29) is 18.4 Å². The van der Waals surface area contributed by atoms with E-state index in [0.717, 1.165) is 18.9 Å². The van der Waals surface area contributed by atoms with Crippen LogP contribution in [0.15, 0.2) is 18.3 Å². The van der Waals surface area contributed by atoms with E-state index >= 15 is 0 Å². The Balaban J connectivity index is 2.59. The van der Waals surface area contributed by atoms with Crippen LogP contribution in [0, 0.1) is 0 Å². The van der Waals surface area contributed by atoms with E-state index in [4.69, 9.17) is 10.5 Å². The summed E-state index contributed by atoms with van der Waals surface area (Å²) in [4.78, 5) is 18.3. The molecular weight excluding hydrogens is 256 g/mol. The maximum Gasteiger partial charge on any atom is 0.227 e. The Labute approximate surface area is 120 Å². The standard InChI is InChI=1S/C14H24N4O2/c1-4-18(5-2)13-7-6-11(10-16-13)17-14(19)8-12(9-15)20-3/h6-7,10,12H,4-5,8-9,15H2,1-3H3,(H,17,19). The maximum absolute atomic E-state index is 11.8. The number of pyridine rings is 1. The van der Waals surface area contributed by atoms with Crippen LogP contribution in [0.25, 0.3) is 0 Å². The molecule has 1 amide bonds. The summed E-state index contributed by atoms with van der Waals surface area (Å²) >= 11 is 0. The molecule has 1 heterocycles. The molecule has 0 aliphatic heterocycles. The molecule has 0 radical (unpaired) electrons. The number of carbonyl (C=O) groups excluding carboxylic acids is 1. The fourth-order valence-electron chi connectivity index (χ4n) is 1.88. The summed E-state index contributed by atoms with van der Waals surface area (Å²) in [6.07, 6.45) is 1.65.